The highest BCUT2D eigenvalue weighted by atomic mass is 16.7. The molecule has 0 aromatic heterocycles. The van der Waals surface area contributed by atoms with E-state index in [0.717, 1.165) is 6.42 Å². The number of ether oxygens (including phenoxy) is 2. The summed E-state index contributed by atoms with van der Waals surface area (Å²) in [6.07, 6.45) is 1.02. The van der Waals surface area contributed by atoms with Gasteiger partial charge in [-0.1, -0.05) is 37.3 Å². The van der Waals surface area contributed by atoms with Crippen LogP contribution in [0, 0.1) is 62.1 Å². The monoisotopic (exact) mass is 346 g/mol. The summed E-state index contributed by atoms with van der Waals surface area (Å²) in [5.74, 6) is -1.62. The van der Waals surface area contributed by atoms with Crippen LogP contribution in [-0.2, 0) is 9.47 Å². The lowest BCUT2D eigenvalue weighted by Gasteiger charge is -2.52. The van der Waals surface area contributed by atoms with Crippen molar-refractivity contribution in [3.05, 3.63) is 35.9 Å². The first-order valence-corrected chi connectivity index (χ1v) is 8.74. The van der Waals surface area contributed by atoms with E-state index in [4.69, 9.17) is 14.9 Å². The molecule has 4 rings (SSSR count). The SMILES string of the molecule is C[C@@H]1CC[C@@]23OC(=N)[C@@](C#N)([C@H]2C1)C(C#N)(C#N)[C@H](c1ccccc1)O3. The highest BCUT2D eigenvalue weighted by Gasteiger charge is 2.80. The third-order valence-corrected chi connectivity index (χ3v) is 6.27. The smallest absolute Gasteiger partial charge is 0.217 e. The molecule has 3 fully saturated rings. The summed E-state index contributed by atoms with van der Waals surface area (Å²) in [4.78, 5) is 0. The van der Waals surface area contributed by atoms with Gasteiger partial charge in [0.15, 0.2) is 5.41 Å². The van der Waals surface area contributed by atoms with Crippen LogP contribution in [0.3, 0.4) is 0 Å². The maximum absolute atomic E-state index is 10.2. The molecule has 1 aromatic rings. The van der Waals surface area contributed by atoms with Gasteiger partial charge < -0.3 is 9.47 Å². The zero-order chi connectivity index (χ0) is 18.6. The number of rotatable bonds is 1. The molecule has 1 saturated carbocycles. The molecule has 0 spiro atoms. The fourth-order valence-electron chi connectivity index (χ4n) is 4.96. The van der Waals surface area contributed by atoms with Gasteiger partial charge in [-0.05, 0) is 24.3 Å². The van der Waals surface area contributed by atoms with Crippen LogP contribution in [0.4, 0.5) is 0 Å². The Morgan fingerprint density at radius 3 is 2.42 bits per heavy atom. The van der Waals surface area contributed by atoms with Crippen molar-refractivity contribution in [3.63, 3.8) is 0 Å². The maximum Gasteiger partial charge on any atom is 0.217 e. The Hall–Kier alpha value is -2.88. The first-order valence-electron chi connectivity index (χ1n) is 8.74. The topological polar surface area (TPSA) is 114 Å². The summed E-state index contributed by atoms with van der Waals surface area (Å²) in [6, 6.07) is 15.4. The molecule has 2 saturated heterocycles. The molecular formula is C20H18N4O2. The summed E-state index contributed by atoms with van der Waals surface area (Å²) in [5, 5.41) is 38.9. The van der Waals surface area contributed by atoms with E-state index in [-0.39, 0.29) is 5.90 Å². The minimum absolute atomic E-state index is 0.305. The Bertz CT molecular complexity index is 879. The summed E-state index contributed by atoms with van der Waals surface area (Å²) in [5.41, 5.74) is -2.84. The predicted molar refractivity (Wildman–Crippen MR) is 90.0 cm³/mol. The van der Waals surface area contributed by atoms with E-state index in [0.29, 0.717) is 24.3 Å². The van der Waals surface area contributed by atoms with Crippen LogP contribution >= 0.6 is 0 Å². The van der Waals surface area contributed by atoms with Gasteiger partial charge in [0.25, 0.3) is 0 Å². The Morgan fingerprint density at radius 1 is 1.12 bits per heavy atom. The van der Waals surface area contributed by atoms with Gasteiger partial charge in [-0.2, -0.15) is 15.8 Å². The van der Waals surface area contributed by atoms with Gasteiger partial charge in [0, 0.05) is 6.42 Å². The number of nitrogens with one attached hydrogen (secondary N) is 1. The molecule has 5 atom stereocenters. The van der Waals surface area contributed by atoms with Crippen LogP contribution in [0.1, 0.15) is 37.9 Å². The Kier molecular flexibility index (Phi) is 3.38. The van der Waals surface area contributed by atoms with Gasteiger partial charge in [0.05, 0.1) is 24.1 Å². The summed E-state index contributed by atoms with van der Waals surface area (Å²) < 4.78 is 12.2. The third-order valence-electron chi connectivity index (χ3n) is 6.27. The van der Waals surface area contributed by atoms with E-state index in [1.807, 2.05) is 6.07 Å². The number of benzene rings is 1. The van der Waals surface area contributed by atoms with Crippen molar-refractivity contribution in [3.8, 4) is 18.2 Å². The van der Waals surface area contributed by atoms with Gasteiger partial charge in [0.2, 0.25) is 17.1 Å². The number of hydrogen-bond acceptors (Lipinski definition) is 6. The molecule has 1 N–H and O–H groups in total. The van der Waals surface area contributed by atoms with Crippen LogP contribution in [0.5, 0.6) is 0 Å². The molecule has 0 unspecified atom stereocenters. The average Bonchev–Trinajstić information content (AvgIpc) is 2.86. The predicted octanol–water partition coefficient (Wildman–Crippen LogP) is 3.44. The van der Waals surface area contributed by atoms with E-state index >= 15 is 0 Å². The molecule has 2 bridgehead atoms. The molecule has 2 heterocycles. The van der Waals surface area contributed by atoms with Crippen molar-refractivity contribution >= 4 is 5.90 Å². The normalized spacial score (nSPS) is 39.6. The molecular weight excluding hydrogens is 328 g/mol. The van der Waals surface area contributed by atoms with Crippen LogP contribution < -0.4 is 0 Å². The van der Waals surface area contributed by atoms with E-state index < -0.39 is 28.6 Å². The zero-order valence-corrected chi connectivity index (χ0v) is 14.4. The highest BCUT2D eigenvalue weighted by molar-refractivity contribution is 5.89. The van der Waals surface area contributed by atoms with Crippen LogP contribution in [0.2, 0.25) is 0 Å². The molecule has 0 radical (unpaired) electrons. The molecule has 1 aliphatic carbocycles. The molecule has 2 aliphatic heterocycles. The van der Waals surface area contributed by atoms with Crippen molar-refractivity contribution in [2.24, 2.45) is 22.7 Å². The fraction of sp³-hybridized carbons (Fsp3) is 0.500. The van der Waals surface area contributed by atoms with Gasteiger partial charge in [-0.15, -0.1) is 0 Å². The van der Waals surface area contributed by atoms with Crippen molar-refractivity contribution in [1.82, 2.24) is 0 Å². The Labute approximate surface area is 152 Å². The first kappa shape index (κ1) is 16.6. The summed E-state index contributed by atoms with van der Waals surface area (Å²) in [7, 11) is 0. The fourth-order valence-corrected chi connectivity index (χ4v) is 4.96. The minimum atomic E-state index is -1.85. The van der Waals surface area contributed by atoms with E-state index in [2.05, 4.69) is 25.1 Å². The van der Waals surface area contributed by atoms with E-state index in [1.165, 1.54) is 0 Å². The average molecular weight is 346 g/mol. The lowest BCUT2D eigenvalue weighted by atomic mass is 9.51. The second-order valence-electron chi connectivity index (χ2n) is 7.54. The highest BCUT2D eigenvalue weighted by Crippen LogP contribution is 2.69. The Morgan fingerprint density at radius 2 is 1.81 bits per heavy atom. The maximum atomic E-state index is 10.2. The Balaban J connectivity index is 2.00. The van der Waals surface area contributed by atoms with Crippen LogP contribution in [0.15, 0.2) is 30.3 Å². The molecule has 26 heavy (non-hydrogen) atoms. The largest absolute Gasteiger partial charge is 0.447 e. The summed E-state index contributed by atoms with van der Waals surface area (Å²) >= 11 is 0. The number of hydrogen-bond donors (Lipinski definition) is 1. The van der Waals surface area contributed by atoms with Gasteiger partial charge in [-0.3, -0.25) is 5.41 Å². The van der Waals surface area contributed by atoms with Crippen LogP contribution in [0.25, 0.3) is 0 Å². The van der Waals surface area contributed by atoms with E-state index in [9.17, 15) is 15.8 Å². The zero-order valence-electron chi connectivity index (χ0n) is 14.4. The van der Waals surface area contributed by atoms with E-state index in [1.54, 1.807) is 24.3 Å². The quantitative estimate of drug-likeness (QED) is 0.836. The van der Waals surface area contributed by atoms with Crippen molar-refractivity contribution in [1.29, 1.82) is 21.2 Å². The lowest BCUT2D eigenvalue weighted by Crippen LogP contribution is -2.60. The summed E-state index contributed by atoms with van der Waals surface area (Å²) in [6.45, 7) is 2.07. The first-order chi connectivity index (χ1) is 12.5. The van der Waals surface area contributed by atoms with Crippen LogP contribution in [-0.4, -0.2) is 11.7 Å². The molecule has 0 amide bonds. The second kappa shape index (κ2) is 5.31. The van der Waals surface area contributed by atoms with Crippen molar-refractivity contribution in [2.75, 3.05) is 0 Å². The lowest BCUT2D eigenvalue weighted by molar-refractivity contribution is -0.298. The standard InChI is InChI=1S/C20H18N4O2/c1-13-7-8-20-15(9-13)19(12-23,17(24)26-20)18(10-21,11-22)16(25-20)14-5-3-2-4-6-14/h2-6,13,15-16,24H,7-9H2,1H3/t13-,15-,16+,19-,20-/m1/s1. The second-order valence-corrected chi connectivity index (χ2v) is 7.54. The van der Waals surface area contributed by atoms with Gasteiger partial charge in [-0.25, -0.2) is 0 Å². The van der Waals surface area contributed by atoms with Crippen molar-refractivity contribution in [2.45, 2.75) is 38.1 Å². The van der Waals surface area contributed by atoms with Gasteiger partial charge >= 0.3 is 0 Å². The van der Waals surface area contributed by atoms with Gasteiger partial charge in [0.1, 0.15) is 6.10 Å². The molecule has 1 aromatic carbocycles. The number of nitrogens with zero attached hydrogens (tertiary/aromatic N) is 3. The van der Waals surface area contributed by atoms with Crippen molar-refractivity contribution < 1.29 is 9.47 Å². The third kappa shape index (κ3) is 1.69. The minimum Gasteiger partial charge on any atom is -0.447 e. The molecule has 6 heteroatoms. The number of nitriles is 3. The molecule has 130 valence electrons. The molecule has 6 nitrogen and oxygen atoms in total. The molecule has 3 aliphatic rings.